The zero-order valence-corrected chi connectivity index (χ0v) is 11.2. The van der Waals surface area contributed by atoms with Gasteiger partial charge in [0, 0.05) is 30.1 Å². The Morgan fingerprint density at radius 2 is 2.17 bits per heavy atom. The van der Waals surface area contributed by atoms with E-state index >= 15 is 0 Å². The fourth-order valence-electron chi connectivity index (χ4n) is 2.52. The lowest BCUT2D eigenvalue weighted by molar-refractivity contribution is 0.0890. The van der Waals surface area contributed by atoms with Crippen LogP contribution in [-0.4, -0.2) is 30.7 Å². The summed E-state index contributed by atoms with van der Waals surface area (Å²) in [4.78, 5) is 16.2. The molecule has 1 aliphatic rings. The van der Waals surface area contributed by atoms with E-state index in [4.69, 9.17) is 0 Å². The predicted molar refractivity (Wildman–Crippen MR) is 69.2 cm³/mol. The minimum absolute atomic E-state index is 0.0245. The molecule has 0 saturated heterocycles. The Labute approximate surface area is 107 Å². The Hall–Kier alpha value is -1.23. The Morgan fingerprint density at radius 3 is 2.78 bits per heavy atom. The molecule has 5 heteroatoms. The van der Waals surface area contributed by atoms with Gasteiger partial charge in [-0.25, -0.2) is 8.42 Å². The van der Waals surface area contributed by atoms with E-state index in [2.05, 4.69) is 4.98 Å². The second kappa shape index (κ2) is 5.18. The highest BCUT2D eigenvalue weighted by atomic mass is 32.2. The SMILES string of the molecule is CS(=O)(=O)C1CCCC(C(=O)c2cccnc2)C1. The molecular formula is C13H17NO3S. The molecule has 2 atom stereocenters. The standard InChI is InChI=1S/C13H17NO3S/c1-18(16,17)12-6-2-4-10(8-12)13(15)11-5-3-7-14-9-11/h3,5,7,9-10,12H,2,4,6,8H2,1H3. The summed E-state index contributed by atoms with van der Waals surface area (Å²) in [6, 6.07) is 3.46. The van der Waals surface area contributed by atoms with Crippen LogP contribution in [0.4, 0.5) is 0 Å². The molecular weight excluding hydrogens is 250 g/mol. The molecule has 0 aromatic carbocycles. The van der Waals surface area contributed by atoms with Crippen molar-refractivity contribution in [3.63, 3.8) is 0 Å². The van der Waals surface area contributed by atoms with E-state index in [1.807, 2.05) is 0 Å². The molecule has 0 radical (unpaired) electrons. The zero-order valence-electron chi connectivity index (χ0n) is 10.4. The second-order valence-corrected chi connectivity index (χ2v) is 7.25. The molecule has 1 saturated carbocycles. The number of aromatic nitrogens is 1. The van der Waals surface area contributed by atoms with Gasteiger partial charge in [-0.3, -0.25) is 9.78 Å². The van der Waals surface area contributed by atoms with Gasteiger partial charge in [-0.05, 0) is 31.4 Å². The summed E-state index contributed by atoms with van der Waals surface area (Å²) >= 11 is 0. The highest BCUT2D eigenvalue weighted by Crippen LogP contribution is 2.30. The van der Waals surface area contributed by atoms with Crippen molar-refractivity contribution in [3.05, 3.63) is 30.1 Å². The third-order valence-electron chi connectivity index (χ3n) is 3.55. The zero-order chi connectivity index (χ0) is 13.2. The van der Waals surface area contributed by atoms with Gasteiger partial charge in [0.25, 0.3) is 0 Å². The molecule has 4 nitrogen and oxygen atoms in total. The maximum Gasteiger partial charge on any atom is 0.167 e. The van der Waals surface area contributed by atoms with Crippen LogP contribution in [0.15, 0.2) is 24.5 Å². The highest BCUT2D eigenvalue weighted by Gasteiger charge is 2.32. The average Bonchev–Trinajstić information content (AvgIpc) is 2.38. The third-order valence-corrected chi connectivity index (χ3v) is 5.19. The molecule has 2 rings (SSSR count). The number of nitrogens with zero attached hydrogens (tertiary/aromatic N) is 1. The van der Waals surface area contributed by atoms with Crippen molar-refractivity contribution >= 4 is 15.6 Å². The maximum absolute atomic E-state index is 12.2. The van der Waals surface area contributed by atoms with Crippen LogP contribution in [0.1, 0.15) is 36.0 Å². The first kappa shape index (κ1) is 13.2. The van der Waals surface area contributed by atoms with Gasteiger partial charge in [0.15, 0.2) is 5.78 Å². The summed E-state index contributed by atoms with van der Waals surface area (Å²) < 4.78 is 23.1. The van der Waals surface area contributed by atoms with Crippen LogP contribution >= 0.6 is 0 Å². The van der Waals surface area contributed by atoms with Crippen molar-refractivity contribution in [2.24, 2.45) is 5.92 Å². The van der Waals surface area contributed by atoms with Crippen LogP contribution in [0, 0.1) is 5.92 Å². The maximum atomic E-state index is 12.2. The molecule has 0 bridgehead atoms. The number of carbonyl (C=O) groups is 1. The molecule has 0 amide bonds. The first-order valence-electron chi connectivity index (χ1n) is 6.11. The smallest absolute Gasteiger partial charge is 0.167 e. The molecule has 98 valence electrons. The van der Waals surface area contributed by atoms with Crippen LogP contribution in [-0.2, 0) is 9.84 Å². The van der Waals surface area contributed by atoms with Gasteiger partial charge in [0.2, 0.25) is 0 Å². The summed E-state index contributed by atoms with van der Waals surface area (Å²) in [5.74, 6) is -0.154. The molecule has 1 aromatic rings. The molecule has 0 aliphatic heterocycles. The van der Waals surface area contributed by atoms with Crippen LogP contribution < -0.4 is 0 Å². The van der Waals surface area contributed by atoms with Gasteiger partial charge in [0.05, 0.1) is 5.25 Å². The first-order chi connectivity index (χ1) is 8.48. The third kappa shape index (κ3) is 2.96. The van der Waals surface area contributed by atoms with E-state index < -0.39 is 9.84 Å². The van der Waals surface area contributed by atoms with Crippen molar-refractivity contribution in [3.8, 4) is 0 Å². The Kier molecular flexibility index (Phi) is 3.80. The summed E-state index contributed by atoms with van der Waals surface area (Å²) in [5.41, 5.74) is 0.580. The van der Waals surface area contributed by atoms with E-state index in [1.165, 1.54) is 6.26 Å². The summed E-state index contributed by atoms with van der Waals surface area (Å²) in [6.07, 6.45) is 7.13. The van der Waals surface area contributed by atoms with E-state index in [0.29, 0.717) is 18.4 Å². The molecule has 1 aromatic heterocycles. The molecule has 1 aliphatic carbocycles. The number of sulfone groups is 1. The Morgan fingerprint density at radius 1 is 1.39 bits per heavy atom. The fourth-order valence-corrected chi connectivity index (χ4v) is 3.69. The summed E-state index contributed by atoms with van der Waals surface area (Å²) in [6.45, 7) is 0. The largest absolute Gasteiger partial charge is 0.294 e. The summed E-state index contributed by atoms with van der Waals surface area (Å²) in [5, 5.41) is -0.364. The molecule has 1 heterocycles. The molecule has 1 fully saturated rings. The lowest BCUT2D eigenvalue weighted by Crippen LogP contribution is -2.31. The van der Waals surface area contributed by atoms with Crippen molar-refractivity contribution in [2.75, 3.05) is 6.26 Å². The lowest BCUT2D eigenvalue weighted by atomic mass is 9.84. The number of rotatable bonds is 3. The van der Waals surface area contributed by atoms with Crippen LogP contribution in [0.2, 0.25) is 0 Å². The minimum atomic E-state index is -3.04. The Bertz CT molecular complexity index is 524. The lowest BCUT2D eigenvalue weighted by Gasteiger charge is -2.26. The minimum Gasteiger partial charge on any atom is -0.294 e. The van der Waals surface area contributed by atoms with Crippen molar-refractivity contribution in [1.82, 2.24) is 4.98 Å². The van der Waals surface area contributed by atoms with Crippen LogP contribution in [0.25, 0.3) is 0 Å². The fraction of sp³-hybridized carbons (Fsp3) is 0.538. The number of carbonyl (C=O) groups excluding carboxylic acids is 1. The number of pyridine rings is 1. The van der Waals surface area contributed by atoms with E-state index in [-0.39, 0.29) is 17.0 Å². The molecule has 2 unspecified atom stereocenters. The van der Waals surface area contributed by atoms with Crippen LogP contribution in [0.5, 0.6) is 0 Å². The summed E-state index contributed by atoms with van der Waals surface area (Å²) in [7, 11) is -3.04. The second-order valence-electron chi connectivity index (χ2n) is 4.92. The molecule has 0 N–H and O–H groups in total. The number of ketones is 1. The van der Waals surface area contributed by atoms with Gasteiger partial charge >= 0.3 is 0 Å². The van der Waals surface area contributed by atoms with Gasteiger partial charge < -0.3 is 0 Å². The van der Waals surface area contributed by atoms with E-state index in [1.54, 1.807) is 24.5 Å². The Balaban J connectivity index is 2.13. The quantitative estimate of drug-likeness (QED) is 0.784. The predicted octanol–water partition coefficient (Wildman–Crippen LogP) is 1.87. The molecule has 0 spiro atoms. The van der Waals surface area contributed by atoms with Crippen LogP contribution in [0.3, 0.4) is 0 Å². The van der Waals surface area contributed by atoms with Gasteiger partial charge in [0.1, 0.15) is 9.84 Å². The normalized spacial score (nSPS) is 24.7. The van der Waals surface area contributed by atoms with Gasteiger partial charge in [-0.1, -0.05) is 6.42 Å². The van der Waals surface area contributed by atoms with E-state index in [0.717, 1.165) is 12.8 Å². The number of hydrogen-bond acceptors (Lipinski definition) is 4. The number of hydrogen-bond donors (Lipinski definition) is 0. The molecule has 18 heavy (non-hydrogen) atoms. The van der Waals surface area contributed by atoms with Crippen molar-refractivity contribution < 1.29 is 13.2 Å². The van der Waals surface area contributed by atoms with Crippen molar-refractivity contribution in [1.29, 1.82) is 0 Å². The van der Waals surface area contributed by atoms with E-state index in [9.17, 15) is 13.2 Å². The first-order valence-corrected chi connectivity index (χ1v) is 8.07. The number of Topliss-reactive ketones (excluding diaryl/α,β-unsaturated/α-hetero) is 1. The highest BCUT2D eigenvalue weighted by molar-refractivity contribution is 7.91. The van der Waals surface area contributed by atoms with Gasteiger partial charge in [-0.15, -0.1) is 0 Å². The van der Waals surface area contributed by atoms with Gasteiger partial charge in [-0.2, -0.15) is 0 Å². The topological polar surface area (TPSA) is 64.1 Å². The van der Waals surface area contributed by atoms with Crippen molar-refractivity contribution in [2.45, 2.75) is 30.9 Å². The average molecular weight is 267 g/mol. The monoisotopic (exact) mass is 267 g/mol.